The van der Waals surface area contributed by atoms with Gasteiger partial charge < -0.3 is 10.2 Å². The predicted octanol–water partition coefficient (Wildman–Crippen LogP) is 2.44. The number of phenols is 1. The molecule has 0 aromatic heterocycles. The second-order valence-corrected chi connectivity index (χ2v) is 3.90. The number of carbonyl (C=O) groups excluding carboxylic acids is 1. The van der Waals surface area contributed by atoms with E-state index in [2.05, 4.69) is 15.9 Å². The van der Waals surface area contributed by atoms with E-state index >= 15 is 0 Å². The van der Waals surface area contributed by atoms with Gasteiger partial charge in [-0.2, -0.15) is 13.2 Å². The third-order valence-electron chi connectivity index (χ3n) is 1.82. The molecule has 1 rings (SSSR count). The van der Waals surface area contributed by atoms with Gasteiger partial charge in [-0.1, -0.05) is 15.9 Å². The first kappa shape index (κ1) is 13.5. The molecule has 0 atom stereocenters. The van der Waals surface area contributed by atoms with Gasteiger partial charge >= 0.3 is 12.1 Å². The number of rotatable bonds is 2. The van der Waals surface area contributed by atoms with Gasteiger partial charge in [0.25, 0.3) is 5.78 Å². The van der Waals surface area contributed by atoms with Crippen LogP contribution in [0.5, 0.6) is 5.75 Å². The molecule has 0 saturated carbocycles. The number of hydrogen-bond donors (Lipinski definition) is 2. The zero-order valence-electron chi connectivity index (χ0n) is 7.88. The molecule has 1 aromatic rings. The largest absolute Gasteiger partial charge is 0.507 e. The Bertz CT molecular complexity index is 496. The van der Waals surface area contributed by atoms with Crippen molar-refractivity contribution in [3.05, 3.63) is 27.7 Å². The van der Waals surface area contributed by atoms with E-state index in [1.54, 1.807) is 0 Å². The minimum absolute atomic E-state index is 0.160. The highest BCUT2D eigenvalue weighted by molar-refractivity contribution is 9.10. The maximum absolute atomic E-state index is 12.4. The topological polar surface area (TPSA) is 74.6 Å². The molecule has 8 heteroatoms. The fourth-order valence-corrected chi connectivity index (χ4v) is 1.56. The van der Waals surface area contributed by atoms with Crippen molar-refractivity contribution >= 4 is 27.7 Å². The second kappa shape index (κ2) is 4.36. The molecule has 0 aliphatic rings. The summed E-state index contributed by atoms with van der Waals surface area (Å²) >= 11 is 2.70. The van der Waals surface area contributed by atoms with Gasteiger partial charge in [-0.25, -0.2) is 4.79 Å². The van der Waals surface area contributed by atoms with E-state index in [0.29, 0.717) is 6.07 Å². The van der Waals surface area contributed by atoms with Gasteiger partial charge in [0.1, 0.15) is 5.75 Å². The van der Waals surface area contributed by atoms with Crippen LogP contribution in [0.2, 0.25) is 0 Å². The van der Waals surface area contributed by atoms with E-state index in [9.17, 15) is 27.9 Å². The number of carbonyl (C=O) groups is 2. The Labute approximate surface area is 101 Å². The zero-order chi connectivity index (χ0) is 13.4. The lowest BCUT2D eigenvalue weighted by Gasteiger charge is -2.11. The molecular weight excluding hydrogens is 309 g/mol. The number of phenolic OH excluding ortho intramolecular Hbond substituents is 1. The predicted molar refractivity (Wildman–Crippen MR) is 52.8 cm³/mol. The van der Waals surface area contributed by atoms with Crippen molar-refractivity contribution in [2.45, 2.75) is 6.18 Å². The molecule has 0 bridgehead atoms. The third-order valence-corrected chi connectivity index (χ3v) is 2.28. The standard InChI is InChI=1S/C9H4BrF3O4/c10-3-1-4(7(15)8(16)17)6(14)5(2-3)9(11,12)13/h1-2,14H,(H,16,17). The van der Waals surface area contributed by atoms with Crippen LogP contribution in [0.25, 0.3) is 0 Å². The first-order valence-electron chi connectivity index (χ1n) is 4.02. The van der Waals surface area contributed by atoms with Crippen LogP contribution in [0.15, 0.2) is 16.6 Å². The molecule has 2 N–H and O–H groups in total. The molecule has 1 aromatic carbocycles. The van der Waals surface area contributed by atoms with Gasteiger partial charge in [0.15, 0.2) is 0 Å². The number of alkyl halides is 3. The number of ketones is 1. The fraction of sp³-hybridized carbons (Fsp3) is 0.111. The Hall–Kier alpha value is -1.57. The van der Waals surface area contributed by atoms with E-state index < -0.39 is 34.8 Å². The number of aromatic hydroxyl groups is 1. The normalized spacial score (nSPS) is 11.3. The maximum Gasteiger partial charge on any atom is 0.420 e. The summed E-state index contributed by atoms with van der Waals surface area (Å²) in [4.78, 5) is 21.4. The molecule has 0 aliphatic carbocycles. The number of carboxylic acids is 1. The number of benzene rings is 1. The van der Waals surface area contributed by atoms with Crippen LogP contribution in [-0.2, 0) is 11.0 Å². The lowest BCUT2D eigenvalue weighted by Crippen LogP contribution is -2.15. The highest BCUT2D eigenvalue weighted by atomic mass is 79.9. The van der Waals surface area contributed by atoms with Crippen molar-refractivity contribution in [3.8, 4) is 5.75 Å². The molecular formula is C9H4BrF3O4. The van der Waals surface area contributed by atoms with Crippen molar-refractivity contribution in [2.75, 3.05) is 0 Å². The lowest BCUT2D eigenvalue weighted by molar-refractivity contribution is -0.139. The van der Waals surface area contributed by atoms with Gasteiger partial charge in [0, 0.05) is 4.47 Å². The van der Waals surface area contributed by atoms with E-state index in [1.165, 1.54) is 0 Å². The summed E-state index contributed by atoms with van der Waals surface area (Å²) < 4.78 is 37.1. The Morgan fingerprint density at radius 2 is 1.76 bits per heavy atom. The first-order valence-corrected chi connectivity index (χ1v) is 4.81. The van der Waals surface area contributed by atoms with Crippen molar-refractivity contribution in [3.63, 3.8) is 0 Å². The maximum atomic E-state index is 12.4. The Morgan fingerprint density at radius 1 is 1.24 bits per heavy atom. The van der Waals surface area contributed by atoms with Crippen LogP contribution >= 0.6 is 15.9 Å². The monoisotopic (exact) mass is 312 g/mol. The molecule has 4 nitrogen and oxygen atoms in total. The van der Waals surface area contributed by atoms with E-state index in [4.69, 9.17) is 5.11 Å². The van der Waals surface area contributed by atoms with Crippen LogP contribution < -0.4 is 0 Å². The van der Waals surface area contributed by atoms with Crippen LogP contribution in [0.4, 0.5) is 13.2 Å². The average molecular weight is 313 g/mol. The van der Waals surface area contributed by atoms with Crippen molar-refractivity contribution < 1.29 is 33.0 Å². The molecule has 0 heterocycles. The Morgan fingerprint density at radius 3 is 2.18 bits per heavy atom. The first-order chi connectivity index (χ1) is 7.64. The minimum atomic E-state index is -4.89. The van der Waals surface area contributed by atoms with Crippen molar-refractivity contribution in [2.24, 2.45) is 0 Å². The van der Waals surface area contributed by atoms with E-state index in [1.807, 2.05) is 0 Å². The number of Topliss-reactive ketones (excluding diaryl/α,β-unsaturated/α-hetero) is 1. The summed E-state index contributed by atoms with van der Waals surface area (Å²) in [5.41, 5.74) is -2.39. The highest BCUT2D eigenvalue weighted by Crippen LogP contribution is 2.39. The summed E-state index contributed by atoms with van der Waals surface area (Å²) in [7, 11) is 0. The number of carboxylic acid groups (broad SMARTS) is 1. The van der Waals surface area contributed by atoms with Crippen molar-refractivity contribution in [1.82, 2.24) is 0 Å². The SMILES string of the molecule is O=C(O)C(=O)c1cc(Br)cc(C(F)(F)F)c1O. The molecule has 0 saturated heterocycles. The average Bonchev–Trinajstić information content (AvgIpc) is 2.18. The van der Waals surface area contributed by atoms with Gasteiger partial charge in [-0.3, -0.25) is 4.79 Å². The third kappa shape index (κ3) is 2.76. The quantitative estimate of drug-likeness (QED) is 0.649. The number of hydrogen-bond acceptors (Lipinski definition) is 3. The number of halogens is 4. The van der Waals surface area contributed by atoms with Crippen LogP contribution in [0.3, 0.4) is 0 Å². The molecule has 0 radical (unpaired) electrons. The molecule has 0 spiro atoms. The van der Waals surface area contributed by atoms with Crippen LogP contribution in [-0.4, -0.2) is 22.0 Å². The van der Waals surface area contributed by atoms with Crippen molar-refractivity contribution in [1.29, 1.82) is 0 Å². The van der Waals surface area contributed by atoms with Gasteiger partial charge in [-0.05, 0) is 12.1 Å². The molecule has 0 unspecified atom stereocenters. The Kier molecular flexibility index (Phi) is 3.46. The smallest absolute Gasteiger partial charge is 0.420 e. The number of aliphatic carboxylic acids is 1. The molecule has 17 heavy (non-hydrogen) atoms. The lowest BCUT2D eigenvalue weighted by atomic mass is 10.0. The van der Waals surface area contributed by atoms with Gasteiger partial charge in [0.05, 0.1) is 11.1 Å². The molecule has 0 aliphatic heterocycles. The highest BCUT2D eigenvalue weighted by Gasteiger charge is 2.36. The summed E-state index contributed by atoms with van der Waals surface area (Å²) in [6.45, 7) is 0. The second-order valence-electron chi connectivity index (χ2n) is 2.98. The minimum Gasteiger partial charge on any atom is -0.507 e. The molecule has 0 fully saturated rings. The van der Waals surface area contributed by atoms with Crippen LogP contribution in [0.1, 0.15) is 15.9 Å². The zero-order valence-corrected chi connectivity index (χ0v) is 9.46. The fourth-order valence-electron chi connectivity index (χ4n) is 1.10. The summed E-state index contributed by atoms with van der Waals surface area (Å²) in [5, 5.41) is 17.6. The van der Waals surface area contributed by atoms with E-state index in [-0.39, 0.29) is 4.47 Å². The summed E-state index contributed by atoms with van der Waals surface area (Å²) in [6.07, 6.45) is -4.89. The van der Waals surface area contributed by atoms with Gasteiger partial charge in [-0.15, -0.1) is 0 Å². The van der Waals surface area contributed by atoms with Crippen LogP contribution in [0, 0.1) is 0 Å². The summed E-state index contributed by atoms with van der Waals surface area (Å²) in [5.74, 6) is -4.96. The Balaban J connectivity index is 3.50. The van der Waals surface area contributed by atoms with E-state index in [0.717, 1.165) is 6.07 Å². The summed E-state index contributed by atoms with van der Waals surface area (Å²) in [6, 6.07) is 1.36. The molecule has 0 amide bonds. The van der Waals surface area contributed by atoms with Gasteiger partial charge in [0.2, 0.25) is 0 Å². The molecule has 92 valence electrons.